The van der Waals surface area contributed by atoms with Crippen LogP contribution in [0.5, 0.6) is 5.75 Å². The van der Waals surface area contributed by atoms with Gasteiger partial charge in [-0.15, -0.1) is 0 Å². The molecule has 0 fully saturated rings. The standard InChI is InChI=1S/C19H12ClF4NO3S/c20-13-2-1-3-16(9-13)29(26,27)25-18-8-11(4-5-17(18)22)12-6-14(21)10-15(7-12)28-19(23)24/h1-10,19,25H. The van der Waals surface area contributed by atoms with E-state index in [0.29, 0.717) is 0 Å². The minimum Gasteiger partial charge on any atom is -0.435 e. The highest BCUT2D eigenvalue weighted by atomic mass is 35.5. The summed E-state index contributed by atoms with van der Waals surface area (Å²) in [6.45, 7) is -3.15. The Kier molecular flexibility index (Phi) is 5.99. The van der Waals surface area contributed by atoms with Gasteiger partial charge in [-0.1, -0.05) is 23.7 Å². The minimum absolute atomic E-state index is 0.0869. The number of hydrogen-bond donors (Lipinski definition) is 1. The van der Waals surface area contributed by atoms with Crippen LogP contribution in [0.15, 0.2) is 65.6 Å². The first-order chi connectivity index (χ1) is 13.6. The summed E-state index contributed by atoms with van der Waals surface area (Å²) >= 11 is 5.79. The van der Waals surface area contributed by atoms with Gasteiger partial charge >= 0.3 is 6.61 Å². The van der Waals surface area contributed by atoms with Crippen molar-refractivity contribution in [3.8, 4) is 16.9 Å². The molecular formula is C19H12ClF4NO3S. The number of halogens is 5. The first kappa shape index (κ1) is 20.9. The molecule has 0 saturated carbocycles. The number of nitrogens with one attached hydrogen (secondary N) is 1. The molecule has 1 N–H and O–H groups in total. The van der Waals surface area contributed by atoms with Crippen LogP contribution in [0, 0.1) is 11.6 Å². The fourth-order valence-corrected chi connectivity index (χ4v) is 3.88. The second-order valence-corrected chi connectivity index (χ2v) is 7.93. The summed E-state index contributed by atoms with van der Waals surface area (Å²) in [5.41, 5.74) is -0.152. The van der Waals surface area contributed by atoms with E-state index in [1.165, 1.54) is 30.3 Å². The van der Waals surface area contributed by atoms with E-state index in [2.05, 4.69) is 9.46 Å². The molecule has 0 saturated heterocycles. The predicted octanol–water partition coefficient (Wildman–Crippen LogP) is 5.69. The summed E-state index contributed by atoms with van der Waals surface area (Å²) in [6.07, 6.45) is 0. The molecule has 0 amide bonds. The van der Waals surface area contributed by atoms with Crippen LogP contribution < -0.4 is 9.46 Å². The van der Waals surface area contributed by atoms with Crippen molar-refractivity contribution in [2.75, 3.05) is 4.72 Å². The number of sulfonamides is 1. The predicted molar refractivity (Wildman–Crippen MR) is 101 cm³/mol. The van der Waals surface area contributed by atoms with Crippen LogP contribution >= 0.6 is 11.6 Å². The minimum atomic E-state index is -4.16. The molecule has 152 valence electrons. The van der Waals surface area contributed by atoms with E-state index in [4.69, 9.17) is 11.6 Å². The average Bonchev–Trinajstić information content (AvgIpc) is 2.62. The summed E-state index contributed by atoms with van der Waals surface area (Å²) in [6, 6.07) is 11.6. The van der Waals surface area contributed by atoms with E-state index in [9.17, 15) is 26.0 Å². The number of anilines is 1. The first-order valence-corrected chi connectivity index (χ1v) is 9.84. The molecule has 3 rings (SSSR count). The van der Waals surface area contributed by atoms with E-state index in [1.54, 1.807) is 0 Å². The van der Waals surface area contributed by atoms with Gasteiger partial charge in [-0.3, -0.25) is 4.72 Å². The molecule has 0 spiro atoms. The lowest BCUT2D eigenvalue weighted by Gasteiger charge is -2.12. The van der Waals surface area contributed by atoms with Crippen molar-refractivity contribution in [3.63, 3.8) is 0 Å². The Hall–Kier alpha value is -2.78. The second-order valence-electron chi connectivity index (χ2n) is 5.81. The number of hydrogen-bond acceptors (Lipinski definition) is 3. The Morgan fingerprint density at radius 1 is 0.931 bits per heavy atom. The van der Waals surface area contributed by atoms with Gasteiger partial charge < -0.3 is 4.74 Å². The van der Waals surface area contributed by atoms with Gasteiger partial charge in [0.2, 0.25) is 0 Å². The fourth-order valence-electron chi connectivity index (χ4n) is 2.52. The Balaban J connectivity index is 1.98. The molecule has 0 aliphatic rings. The van der Waals surface area contributed by atoms with E-state index >= 15 is 0 Å². The topological polar surface area (TPSA) is 55.4 Å². The maximum Gasteiger partial charge on any atom is 0.387 e. The molecule has 0 aliphatic heterocycles. The Bertz CT molecular complexity index is 1160. The molecule has 4 nitrogen and oxygen atoms in total. The molecule has 3 aromatic rings. The van der Waals surface area contributed by atoms with Crippen molar-refractivity contribution in [1.29, 1.82) is 0 Å². The normalized spacial score (nSPS) is 11.5. The second kappa shape index (κ2) is 8.30. The quantitative estimate of drug-likeness (QED) is 0.496. The van der Waals surface area contributed by atoms with E-state index in [-0.39, 0.29) is 21.0 Å². The number of rotatable bonds is 6. The van der Waals surface area contributed by atoms with E-state index in [0.717, 1.165) is 30.3 Å². The Morgan fingerprint density at radius 2 is 1.69 bits per heavy atom. The van der Waals surface area contributed by atoms with Crippen molar-refractivity contribution < 1.29 is 30.7 Å². The Labute approximate surface area is 168 Å². The summed E-state index contributed by atoms with van der Waals surface area (Å²) < 4.78 is 84.0. The molecule has 0 aliphatic carbocycles. The van der Waals surface area contributed by atoms with Crippen LogP contribution in [0.25, 0.3) is 11.1 Å². The zero-order chi connectivity index (χ0) is 21.2. The van der Waals surface area contributed by atoms with Crippen molar-refractivity contribution in [2.24, 2.45) is 0 Å². The third-order valence-corrected chi connectivity index (χ3v) is 5.35. The van der Waals surface area contributed by atoms with Crippen molar-refractivity contribution >= 4 is 27.3 Å². The number of benzene rings is 3. The van der Waals surface area contributed by atoms with Crippen LogP contribution in [-0.4, -0.2) is 15.0 Å². The van der Waals surface area contributed by atoms with Gasteiger partial charge in [-0.25, -0.2) is 17.2 Å². The fraction of sp³-hybridized carbons (Fsp3) is 0.0526. The molecule has 0 unspecified atom stereocenters. The summed E-state index contributed by atoms with van der Waals surface area (Å²) in [5, 5.41) is 0.174. The summed E-state index contributed by atoms with van der Waals surface area (Å²) in [4.78, 5) is -0.187. The molecule has 29 heavy (non-hydrogen) atoms. The molecular weight excluding hydrogens is 434 g/mol. The molecule has 0 radical (unpaired) electrons. The molecule has 0 atom stereocenters. The average molecular weight is 446 g/mol. The Morgan fingerprint density at radius 3 is 2.38 bits per heavy atom. The summed E-state index contributed by atoms with van der Waals surface area (Å²) in [5.74, 6) is -2.18. The maximum atomic E-state index is 14.2. The van der Waals surface area contributed by atoms with Gasteiger partial charge in [0.1, 0.15) is 17.4 Å². The van der Waals surface area contributed by atoms with Crippen LogP contribution in [0.2, 0.25) is 5.02 Å². The van der Waals surface area contributed by atoms with Gasteiger partial charge in [0.25, 0.3) is 10.0 Å². The SMILES string of the molecule is O=S(=O)(Nc1cc(-c2cc(F)cc(OC(F)F)c2)ccc1F)c1cccc(Cl)c1. The van der Waals surface area contributed by atoms with E-state index < -0.39 is 39.7 Å². The highest BCUT2D eigenvalue weighted by Crippen LogP contribution is 2.30. The van der Waals surface area contributed by atoms with Crippen molar-refractivity contribution in [1.82, 2.24) is 0 Å². The molecule has 0 bridgehead atoms. The van der Waals surface area contributed by atoms with Gasteiger partial charge in [0.05, 0.1) is 10.6 Å². The molecule has 3 aromatic carbocycles. The zero-order valence-electron chi connectivity index (χ0n) is 14.4. The molecule has 0 aromatic heterocycles. The molecule has 10 heteroatoms. The monoisotopic (exact) mass is 445 g/mol. The van der Waals surface area contributed by atoms with Gasteiger partial charge in [-0.05, 0) is 53.6 Å². The largest absolute Gasteiger partial charge is 0.435 e. The number of alkyl halides is 2. The van der Waals surface area contributed by atoms with Crippen LogP contribution in [0.3, 0.4) is 0 Å². The molecule has 0 heterocycles. The lowest BCUT2D eigenvalue weighted by Crippen LogP contribution is -2.14. The summed E-state index contributed by atoms with van der Waals surface area (Å²) in [7, 11) is -4.16. The highest BCUT2D eigenvalue weighted by molar-refractivity contribution is 7.92. The number of ether oxygens (including phenoxy) is 1. The van der Waals surface area contributed by atoms with Crippen molar-refractivity contribution in [3.05, 3.63) is 77.3 Å². The maximum absolute atomic E-state index is 14.2. The van der Waals surface area contributed by atoms with Crippen LogP contribution in [0.4, 0.5) is 23.2 Å². The lowest BCUT2D eigenvalue weighted by atomic mass is 10.0. The lowest BCUT2D eigenvalue weighted by molar-refractivity contribution is -0.0499. The zero-order valence-corrected chi connectivity index (χ0v) is 15.9. The van der Waals surface area contributed by atoms with Crippen molar-refractivity contribution in [2.45, 2.75) is 11.5 Å². The van der Waals surface area contributed by atoms with Gasteiger partial charge in [-0.2, -0.15) is 8.78 Å². The first-order valence-electron chi connectivity index (χ1n) is 7.98. The third-order valence-electron chi connectivity index (χ3n) is 3.75. The van der Waals surface area contributed by atoms with Gasteiger partial charge in [0.15, 0.2) is 0 Å². The van der Waals surface area contributed by atoms with Gasteiger partial charge in [0, 0.05) is 11.1 Å². The third kappa shape index (κ3) is 5.18. The van der Waals surface area contributed by atoms with Crippen LogP contribution in [-0.2, 0) is 10.0 Å². The highest BCUT2D eigenvalue weighted by Gasteiger charge is 2.18. The smallest absolute Gasteiger partial charge is 0.387 e. The van der Waals surface area contributed by atoms with Crippen LogP contribution in [0.1, 0.15) is 0 Å². The van der Waals surface area contributed by atoms with E-state index in [1.807, 2.05) is 0 Å².